The van der Waals surface area contributed by atoms with Crippen LogP contribution in [-0.4, -0.2) is 62.3 Å². The number of aromatic nitrogens is 2. The fourth-order valence-corrected chi connectivity index (χ4v) is 5.22. The normalized spacial score (nSPS) is 23.9. The molecule has 10 heteroatoms. The molecule has 0 radical (unpaired) electrons. The Labute approximate surface area is 197 Å². The average Bonchev–Trinajstić information content (AvgIpc) is 3.02. The van der Waals surface area contributed by atoms with E-state index in [1.807, 2.05) is 39.0 Å². The molecule has 0 aliphatic carbocycles. The van der Waals surface area contributed by atoms with Gasteiger partial charge in [-0.25, -0.2) is 9.59 Å². The lowest BCUT2D eigenvalue weighted by Gasteiger charge is -2.50. The number of aryl methyl sites for hydroxylation is 2. The SMILES string of the molecule is Cn1c(=O)n(C2CCC(=O)NC2=O)c2cccc(CC[C@]3(C(C)(C)C)CN(C(=O)O)CCO3)c21. The number of carbonyl (C=O) groups is 3. The first kappa shape index (κ1) is 24.0. The van der Waals surface area contributed by atoms with Gasteiger partial charge in [0.05, 0.1) is 29.8 Å². The van der Waals surface area contributed by atoms with Crippen molar-refractivity contribution in [1.82, 2.24) is 19.4 Å². The van der Waals surface area contributed by atoms with E-state index in [9.17, 15) is 24.3 Å². The summed E-state index contributed by atoms with van der Waals surface area (Å²) < 4.78 is 9.28. The molecule has 1 aromatic carbocycles. The van der Waals surface area contributed by atoms with Crippen molar-refractivity contribution in [2.24, 2.45) is 12.5 Å². The van der Waals surface area contributed by atoms with Crippen molar-refractivity contribution in [3.8, 4) is 0 Å². The number of rotatable bonds is 4. The molecule has 2 aromatic rings. The second-order valence-electron chi connectivity index (χ2n) is 10.3. The molecule has 4 rings (SSSR count). The Morgan fingerprint density at radius 1 is 1.26 bits per heavy atom. The molecule has 2 fully saturated rings. The van der Waals surface area contributed by atoms with Crippen LogP contribution in [0.15, 0.2) is 23.0 Å². The van der Waals surface area contributed by atoms with Gasteiger partial charge in [-0.2, -0.15) is 0 Å². The second kappa shape index (κ2) is 8.57. The summed E-state index contributed by atoms with van der Waals surface area (Å²) in [5, 5.41) is 11.9. The number of nitrogens with one attached hydrogen (secondary N) is 1. The Balaban J connectivity index is 1.70. The van der Waals surface area contributed by atoms with Crippen LogP contribution in [0.5, 0.6) is 0 Å². The Bertz CT molecular complexity index is 1210. The zero-order chi connectivity index (χ0) is 24.8. The molecule has 2 atom stereocenters. The van der Waals surface area contributed by atoms with Crippen molar-refractivity contribution in [1.29, 1.82) is 0 Å². The first-order chi connectivity index (χ1) is 15.9. The van der Waals surface area contributed by atoms with Crippen LogP contribution in [0.25, 0.3) is 11.0 Å². The highest BCUT2D eigenvalue weighted by atomic mass is 16.5. The number of carboxylic acid groups (broad SMARTS) is 1. The maximum absolute atomic E-state index is 13.2. The van der Waals surface area contributed by atoms with Crippen LogP contribution < -0.4 is 11.0 Å². The molecule has 3 amide bonds. The summed E-state index contributed by atoms with van der Waals surface area (Å²) in [6.07, 6.45) is 0.638. The van der Waals surface area contributed by atoms with Crippen molar-refractivity contribution in [3.63, 3.8) is 0 Å². The fourth-order valence-electron chi connectivity index (χ4n) is 5.22. The van der Waals surface area contributed by atoms with E-state index in [4.69, 9.17) is 4.74 Å². The monoisotopic (exact) mass is 472 g/mol. The minimum Gasteiger partial charge on any atom is -0.465 e. The van der Waals surface area contributed by atoms with Gasteiger partial charge in [0, 0.05) is 20.0 Å². The van der Waals surface area contributed by atoms with E-state index in [1.165, 1.54) is 9.47 Å². The Morgan fingerprint density at radius 2 is 2.00 bits per heavy atom. The summed E-state index contributed by atoms with van der Waals surface area (Å²) in [4.78, 5) is 50.3. The van der Waals surface area contributed by atoms with Crippen LogP contribution >= 0.6 is 0 Å². The van der Waals surface area contributed by atoms with Crippen molar-refractivity contribution in [3.05, 3.63) is 34.2 Å². The molecule has 0 bridgehead atoms. The summed E-state index contributed by atoms with van der Waals surface area (Å²) in [5.74, 6) is -0.794. The van der Waals surface area contributed by atoms with Crippen LogP contribution in [0.3, 0.4) is 0 Å². The standard InChI is InChI=1S/C24H32N4O6/c1-23(2,3)24(14-27(22(32)33)12-13-34-24)11-10-15-6-5-7-16-19(15)26(4)21(31)28(16)17-8-9-18(29)25-20(17)30/h5-7,17H,8-14H2,1-4H3,(H,32,33)(H,25,29,30)/t17?,24-/m1/s1. The van der Waals surface area contributed by atoms with Gasteiger partial charge in [0.1, 0.15) is 6.04 Å². The quantitative estimate of drug-likeness (QED) is 0.657. The maximum Gasteiger partial charge on any atom is 0.407 e. The molecule has 0 saturated carbocycles. The number of hydrogen-bond donors (Lipinski definition) is 2. The molecule has 0 spiro atoms. The van der Waals surface area contributed by atoms with Gasteiger partial charge in [-0.05, 0) is 36.3 Å². The van der Waals surface area contributed by atoms with E-state index in [-0.39, 0.29) is 36.4 Å². The summed E-state index contributed by atoms with van der Waals surface area (Å²) in [6, 6.07) is 4.88. The highest BCUT2D eigenvalue weighted by Gasteiger charge is 2.47. The van der Waals surface area contributed by atoms with Gasteiger partial charge in [0.25, 0.3) is 0 Å². The number of nitrogens with zero attached hydrogens (tertiary/aromatic N) is 3. The van der Waals surface area contributed by atoms with Gasteiger partial charge in [-0.1, -0.05) is 32.9 Å². The summed E-state index contributed by atoms with van der Waals surface area (Å²) >= 11 is 0. The summed E-state index contributed by atoms with van der Waals surface area (Å²) in [7, 11) is 1.68. The van der Waals surface area contributed by atoms with Gasteiger partial charge >= 0.3 is 11.8 Å². The number of piperidine rings is 1. The minimum atomic E-state index is -0.956. The molecule has 3 heterocycles. The third-order valence-electron chi connectivity index (χ3n) is 7.33. The number of carbonyl (C=O) groups excluding carboxylic acids is 2. The molecule has 1 aromatic heterocycles. The molecular formula is C24H32N4O6. The number of para-hydroxylation sites is 1. The fraction of sp³-hybridized carbons (Fsp3) is 0.583. The third kappa shape index (κ3) is 4.00. The number of imidazole rings is 1. The smallest absolute Gasteiger partial charge is 0.407 e. The number of fused-ring (bicyclic) bond motifs is 1. The number of hydrogen-bond acceptors (Lipinski definition) is 5. The number of ether oxygens (including phenoxy) is 1. The van der Waals surface area contributed by atoms with Gasteiger partial charge in [0.2, 0.25) is 11.8 Å². The van der Waals surface area contributed by atoms with E-state index in [0.717, 1.165) is 11.1 Å². The molecule has 184 valence electrons. The average molecular weight is 473 g/mol. The number of morpholine rings is 1. The van der Waals surface area contributed by atoms with Crippen molar-refractivity contribution < 1.29 is 24.2 Å². The minimum absolute atomic E-state index is 0.185. The molecule has 1 unspecified atom stereocenters. The number of benzene rings is 1. The summed E-state index contributed by atoms with van der Waals surface area (Å²) in [5.41, 5.74) is 0.973. The summed E-state index contributed by atoms with van der Waals surface area (Å²) in [6.45, 7) is 7.10. The molecule has 2 N–H and O–H groups in total. The lowest BCUT2D eigenvalue weighted by molar-refractivity contribution is -0.162. The van der Waals surface area contributed by atoms with Crippen molar-refractivity contribution in [2.45, 2.75) is 58.1 Å². The molecule has 2 saturated heterocycles. The first-order valence-corrected chi connectivity index (χ1v) is 11.6. The first-order valence-electron chi connectivity index (χ1n) is 11.6. The van der Waals surface area contributed by atoms with Crippen LogP contribution in [0.2, 0.25) is 0 Å². The largest absolute Gasteiger partial charge is 0.465 e. The second-order valence-corrected chi connectivity index (χ2v) is 10.3. The predicted molar refractivity (Wildman–Crippen MR) is 125 cm³/mol. The lowest BCUT2D eigenvalue weighted by atomic mass is 9.72. The van der Waals surface area contributed by atoms with Gasteiger partial charge in [0.15, 0.2) is 0 Å². The van der Waals surface area contributed by atoms with Crippen molar-refractivity contribution in [2.75, 3.05) is 19.7 Å². The Morgan fingerprint density at radius 3 is 2.65 bits per heavy atom. The third-order valence-corrected chi connectivity index (χ3v) is 7.33. The molecule has 10 nitrogen and oxygen atoms in total. The van der Waals surface area contributed by atoms with Crippen LogP contribution in [-0.2, 0) is 27.8 Å². The highest BCUT2D eigenvalue weighted by molar-refractivity contribution is 6.00. The van der Waals surface area contributed by atoms with Crippen LogP contribution in [0, 0.1) is 5.41 Å². The van der Waals surface area contributed by atoms with Crippen molar-refractivity contribution >= 4 is 28.9 Å². The van der Waals surface area contributed by atoms with Crippen LogP contribution in [0.1, 0.15) is 51.6 Å². The van der Waals surface area contributed by atoms with E-state index >= 15 is 0 Å². The molecule has 2 aliphatic heterocycles. The molecular weight excluding hydrogens is 440 g/mol. The van der Waals surface area contributed by atoms with E-state index in [1.54, 1.807) is 11.6 Å². The van der Waals surface area contributed by atoms with E-state index in [2.05, 4.69) is 5.32 Å². The van der Waals surface area contributed by atoms with E-state index in [0.29, 0.717) is 31.5 Å². The van der Waals surface area contributed by atoms with E-state index < -0.39 is 23.6 Å². The Hall–Kier alpha value is -3.14. The van der Waals surface area contributed by atoms with Gasteiger partial charge < -0.3 is 14.7 Å². The molecule has 34 heavy (non-hydrogen) atoms. The predicted octanol–water partition coefficient (Wildman–Crippen LogP) is 2.05. The van der Waals surface area contributed by atoms with Crippen LogP contribution in [0.4, 0.5) is 4.79 Å². The van der Waals surface area contributed by atoms with Gasteiger partial charge in [-0.3, -0.25) is 24.0 Å². The number of imide groups is 1. The number of amides is 3. The maximum atomic E-state index is 13.2. The zero-order valence-electron chi connectivity index (χ0n) is 20.1. The lowest BCUT2D eigenvalue weighted by Crippen LogP contribution is -2.59. The topological polar surface area (TPSA) is 123 Å². The zero-order valence-corrected chi connectivity index (χ0v) is 20.1. The highest BCUT2D eigenvalue weighted by Crippen LogP contribution is 2.40. The molecule has 2 aliphatic rings. The van der Waals surface area contributed by atoms with Gasteiger partial charge in [-0.15, -0.1) is 0 Å². The Kier molecular flexibility index (Phi) is 6.05.